The van der Waals surface area contributed by atoms with Crippen molar-refractivity contribution in [3.63, 3.8) is 0 Å². The number of H-pyrrole nitrogens is 1. The van der Waals surface area contributed by atoms with Gasteiger partial charge in [0.05, 0.1) is 11.7 Å². The zero-order chi connectivity index (χ0) is 10.3. The van der Waals surface area contributed by atoms with Crippen LogP contribution in [0, 0.1) is 0 Å². The van der Waals surface area contributed by atoms with Crippen molar-refractivity contribution in [3.8, 4) is 0 Å². The zero-order valence-electron chi connectivity index (χ0n) is 6.66. The number of aromatic amines is 1. The molecule has 0 unspecified atom stereocenters. The van der Waals surface area contributed by atoms with Crippen LogP contribution in [-0.2, 0) is 9.05 Å². The third kappa shape index (κ3) is 1.58. The first-order valence-corrected chi connectivity index (χ1v) is 6.24. The molecule has 0 radical (unpaired) electrons. The maximum Gasteiger partial charge on any atom is 0.263 e. The van der Waals surface area contributed by atoms with E-state index in [0.717, 1.165) is 0 Å². The van der Waals surface area contributed by atoms with Crippen molar-refractivity contribution in [2.75, 3.05) is 0 Å². The van der Waals surface area contributed by atoms with Crippen molar-refractivity contribution in [1.82, 2.24) is 10.2 Å². The Morgan fingerprint density at radius 2 is 2.07 bits per heavy atom. The van der Waals surface area contributed by atoms with E-state index >= 15 is 0 Å². The van der Waals surface area contributed by atoms with Crippen molar-refractivity contribution < 1.29 is 8.42 Å². The first-order chi connectivity index (χ1) is 6.48. The summed E-state index contributed by atoms with van der Waals surface area (Å²) in [6, 6.07) is 2.89. The summed E-state index contributed by atoms with van der Waals surface area (Å²) >= 11 is 5.72. The summed E-state index contributed by atoms with van der Waals surface area (Å²) in [5.74, 6) is 0. The molecule has 1 aromatic carbocycles. The van der Waals surface area contributed by atoms with Crippen molar-refractivity contribution >= 4 is 42.2 Å². The van der Waals surface area contributed by atoms with Gasteiger partial charge in [0.2, 0.25) is 0 Å². The average Bonchev–Trinajstić information content (AvgIpc) is 2.47. The normalized spacial score (nSPS) is 12.1. The van der Waals surface area contributed by atoms with Gasteiger partial charge in [0.1, 0.15) is 4.90 Å². The lowest BCUT2D eigenvalue weighted by atomic mass is 10.3. The van der Waals surface area contributed by atoms with E-state index in [2.05, 4.69) is 10.2 Å². The summed E-state index contributed by atoms with van der Waals surface area (Å²) in [6.07, 6.45) is 1.48. The van der Waals surface area contributed by atoms with Gasteiger partial charge in [-0.05, 0) is 12.1 Å². The SMILES string of the molecule is O=S(=O)(Cl)c1cc(Cl)cc2cn[nH]c12. The van der Waals surface area contributed by atoms with E-state index in [4.69, 9.17) is 22.3 Å². The molecule has 0 spiro atoms. The second kappa shape index (κ2) is 3.12. The molecule has 0 amide bonds. The number of nitrogens with zero attached hydrogens (tertiary/aromatic N) is 1. The molecular formula is C7H4Cl2N2O2S. The highest BCUT2D eigenvalue weighted by Crippen LogP contribution is 2.27. The molecule has 0 aliphatic carbocycles. The Morgan fingerprint density at radius 1 is 1.36 bits per heavy atom. The van der Waals surface area contributed by atoms with Gasteiger partial charge in [-0.15, -0.1) is 0 Å². The van der Waals surface area contributed by atoms with Gasteiger partial charge in [-0.1, -0.05) is 11.6 Å². The third-order valence-electron chi connectivity index (χ3n) is 1.74. The molecular weight excluding hydrogens is 247 g/mol. The molecule has 0 saturated carbocycles. The number of halogens is 2. The van der Waals surface area contributed by atoms with Gasteiger partial charge in [-0.25, -0.2) is 8.42 Å². The molecule has 2 aromatic rings. The molecule has 14 heavy (non-hydrogen) atoms. The van der Waals surface area contributed by atoms with Crippen molar-refractivity contribution in [3.05, 3.63) is 23.4 Å². The van der Waals surface area contributed by atoms with Gasteiger partial charge in [0.15, 0.2) is 0 Å². The van der Waals surface area contributed by atoms with Gasteiger partial charge in [0, 0.05) is 21.1 Å². The Kier molecular flexibility index (Phi) is 2.17. The van der Waals surface area contributed by atoms with E-state index in [-0.39, 0.29) is 4.90 Å². The summed E-state index contributed by atoms with van der Waals surface area (Å²) in [5.41, 5.74) is 0.365. The molecule has 0 aliphatic rings. The second-order valence-electron chi connectivity index (χ2n) is 2.68. The van der Waals surface area contributed by atoms with Crippen LogP contribution >= 0.6 is 22.3 Å². The van der Waals surface area contributed by atoms with Crippen LogP contribution in [-0.4, -0.2) is 18.6 Å². The predicted octanol–water partition coefficient (Wildman–Crippen LogP) is 2.14. The minimum Gasteiger partial charge on any atom is -0.276 e. The molecule has 0 fully saturated rings. The van der Waals surface area contributed by atoms with Crippen LogP contribution in [0.1, 0.15) is 0 Å². The first kappa shape index (κ1) is 9.76. The molecule has 0 saturated heterocycles. The van der Waals surface area contributed by atoms with Crippen LogP contribution < -0.4 is 0 Å². The largest absolute Gasteiger partial charge is 0.276 e. The van der Waals surface area contributed by atoms with Gasteiger partial charge < -0.3 is 0 Å². The number of benzene rings is 1. The Morgan fingerprint density at radius 3 is 2.71 bits per heavy atom. The summed E-state index contributed by atoms with van der Waals surface area (Å²) in [4.78, 5) is -0.0563. The van der Waals surface area contributed by atoms with E-state index < -0.39 is 9.05 Å². The average molecular weight is 251 g/mol. The highest BCUT2D eigenvalue weighted by atomic mass is 35.7. The maximum atomic E-state index is 11.2. The Bertz CT molecular complexity index is 591. The predicted molar refractivity (Wildman–Crippen MR) is 54.1 cm³/mol. The number of nitrogens with one attached hydrogen (secondary N) is 1. The number of aromatic nitrogens is 2. The molecule has 1 heterocycles. The first-order valence-electron chi connectivity index (χ1n) is 3.56. The molecule has 7 heteroatoms. The van der Waals surface area contributed by atoms with Crippen LogP contribution in [0.4, 0.5) is 0 Å². The molecule has 2 rings (SSSR count). The summed E-state index contributed by atoms with van der Waals surface area (Å²) in [5, 5.41) is 7.17. The lowest BCUT2D eigenvalue weighted by Gasteiger charge is -1.98. The maximum absolute atomic E-state index is 11.2. The van der Waals surface area contributed by atoms with Crippen LogP contribution in [0.15, 0.2) is 23.2 Å². The fourth-order valence-corrected chi connectivity index (χ4v) is 2.51. The lowest BCUT2D eigenvalue weighted by Crippen LogP contribution is -1.92. The van der Waals surface area contributed by atoms with Gasteiger partial charge in [0.25, 0.3) is 9.05 Å². The van der Waals surface area contributed by atoms with Gasteiger partial charge >= 0.3 is 0 Å². The van der Waals surface area contributed by atoms with Crippen LogP contribution in [0.3, 0.4) is 0 Å². The topological polar surface area (TPSA) is 62.8 Å². The van der Waals surface area contributed by atoms with E-state index in [0.29, 0.717) is 15.9 Å². The van der Waals surface area contributed by atoms with Gasteiger partial charge in [-0.3, -0.25) is 5.10 Å². The van der Waals surface area contributed by atoms with Crippen LogP contribution in [0.5, 0.6) is 0 Å². The molecule has 0 atom stereocenters. The van der Waals surface area contributed by atoms with Crippen molar-refractivity contribution in [1.29, 1.82) is 0 Å². The molecule has 4 nitrogen and oxygen atoms in total. The highest BCUT2D eigenvalue weighted by molar-refractivity contribution is 8.14. The molecule has 0 bridgehead atoms. The number of hydrogen-bond acceptors (Lipinski definition) is 3. The van der Waals surface area contributed by atoms with E-state index in [1.54, 1.807) is 6.07 Å². The molecule has 1 N–H and O–H groups in total. The Labute approximate surface area is 89.2 Å². The summed E-state index contributed by atoms with van der Waals surface area (Å²) in [6.45, 7) is 0. The monoisotopic (exact) mass is 250 g/mol. The molecule has 74 valence electrons. The van der Waals surface area contributed by atoms with Crippen molar-refractivity contribution in [2.45, 2.75) is 4.90 Å². The number of fused-ring (bicyclic) bond motifs is 1. The van der Waals surface area contributed by atoms with E-state index in [9.17, 15) is 8.42 Å². The minimum atomic E-state index is -3.81. The number of hydrogen-bond donors (Lipinski definition) is 1. The van der Waals surface area contributed by atoms with Gasteiger partial charge in [-0.2, -0.15) is 5.10 Å². The second-order valence-corrected chi connectivity index (χ2v) is 5.65. The highest BCUT2D eigenvalue weighted by Gasteiger charge is 2.16. The number of rotatable bonds is 1. The fourth-order valence-electron chi connectivity index (χ4n) is 1.18. The Hall–Kier alpha value is -0.780. The standard InChI is InChI=1S/C7H4Cl2N2O2S/c8-5-1-4-3-10-11-7(4)6(2-5)14(9,12)13/h1-3H,(H,10,11). The van der Waals surface area contributed by atoms with Crippen LogP contribution in [0.2, 0.25) is 5.02 Å². The van der Waals surface area contributed by atoms with Crippen molar-refractivity contribution in [2.24, 2.45) is 0 Å². The molecule has 0 aliphatic heterocycles. The quantitative estimate of drug-likeness (QED) is 0.790. The minimum absolute atomic E-state index is 0.0563. The van der Waals surface area contributed by atoms with E-state index in [1.165, 1.54) is 12.3 Å². The van der Waals surface area contributed by atoms with Crippen LogP contribution in [0.25, 0.3) is 10.9 Å². The third-order valence-corrected chi connectivity index (χ3v) is 3.30. The fraction of sp³-hybridized carbons (Fsp3) is 0. The summed E-state index contributed by atoms with van der Waals surface area (Å²) in [7, 11) is 1.43. The van der Waals surface area contributed by atoms with E-state index in [1.807, 2.05) is 0 Å². The zero-order valence-corrected chi connectivity index (χ0v) is 8.99. The Balaban J connectivity index is 2.94. The lowest BCUT2D eigenvalue weighted by molar-refractivity contribution is 0.610. The molecule has 1 aromatic heterocycles. The summed E-state index contributed by atoms with van der Waals surface area (Å²) < 4.78 is 22.3. The smallest absolute Gasteiger partial charge is 0.263 e.